The molecule has 1 aromatic heterocycles. The number of rotatable bonds is 4. The Bertz CT molecular complexity index is 902. The molecule has 0 radical (unpaired) electrons. The van der Waals surface area contributed by atoms with Gasteiger partial charge in [-0.05, 0) is 50.5 Å². The molecule has 1 aliphatic carbocycles. The fraction of sp³-hybridized carbons (Fsp3) is 0.409. The summed E-state index contributed by atoms with van der Waals surface area (Å²) in [6.07, 6.45) is 3.77. The number of pyridine rings is 1. The minimum Gasteiger partial charge on any atom is -0.339 e. The number of aryl methyl sites for hydroxylation is 2. The Morgan fingerprint density at radius 2 is 1.75 bits per heavy atom. The van der Waals surface area contributed by atoms with Crippen LogP contribution in [0.15, 0.2) is 46.5 Å². The van der Waals surface area contributed by atoms with Gasteiger partial charge in [-0.1, -0.05) is 29.5 Å². The molecule has 1 aromatic carbocycles. The standard InChI is InChI=1S/C22H25N3O2S/c1-15-5-8-19(16(2)14-15)28-20-18(4-3-9-23-20)22(27)25-12-10-24(11-13-25)21(26)17-6-7-17/h3-5,8-9,14,17H,6-7,10-13H2,1-2H3. The highest BCUT2D eigenvalue weighted by molar-refractivity contribution is 7.99. The van der Waals surface area contributed by atoms with E-state index in [4.69, 9.17) is 0 Å². The van der Waals surface area contributed by atoms with Crippen molar-refractivity contribution in [3.8, 4) is 0 Å². The van der Waals surface area contributed by atoms with Crippen LogP contribution in [0.2, 0.25) is 0 Å². The minimum absolute atomic E-state index is 0.00103. The number of piperazine rings is 1. The first-order chi connectivity index (χ1) is 13.5. The molecule has 2 aromatic rings. The molecular formula is C22H25N3O2S. The van der Waals surface area contributed by atoms with E-state index in [-0.39, 0.29) is 17.7 Å². The van der Waals surface area contributed by atoms with E-state index in [0.717, 1.165) is 22.8 Å². The van der Waals surface area contributed by atoms with Gasteiger partial charge in [0.2, 0.25) is 5.91 Å². The normalized spacial score (nSPS) is 16.9. The van der Waals surface area contributed by atoms with Crippen molar-refractivity contribution in [3.05, 3.63) is 53.2 Å². The zero-order valence-electron chi connectivity index (χ0n) is 16.4. The monoisotopic (exact) mass is 395 g/mol. The number of carbonyl (C=O) groups excluding carboxylic acids is 2. The lowest BCUT2D eigenvalue weighted by Crippen LogP contribution is -2.51. The smallest absolute Gasteiger partial charge is 0.256 e. The fourth-order valence-electron chi connectivity index (χ4n) is 3.54. The van der Waals surface area contributed by atoms with Gasteiger partial charge in [0.25, 0.3) is 5.91 Å². The summed E-state index contributed by atoms with van der Waals surface area (Å²) in [6.45, 7) is 6.57. The van der Waals surface area contributed by atoms with Crippen molar-refractivity contribution in [1.82, 2.24) is 14.8 Å². The molecule has 6 heteroatoms. The molecule has 146 valence electrons. The number of nitrogens with zero attached hydrogens (tertiary/aromatic N) is 3. The summed E-state index contributed by atoms with van der Waals surface area (Å²) in [6, 6.07) is 9.97. The van der Waals surface area contributed by atoms with Crippen LogP contribution in [0.3, 0.4) is 0 Å². The average Bonchev–Trinajstić information content (AvgIpc) is 3.55. The van der Waals surface area contributed by atoms with Crippen molar-refractivity contribution < 1.29 is 9.59 Å². The summed E-state index contributed by atoms with van der Waals surface area (Å²) < 4.78 is 0. The van der Waals surface area contributed by atoms with Gasteiger partial charge >= 0.3 is 0 Å². The van der Waals surface area contributed by atoms with Gasteiger partial charge in [-0.15, -0.1) is 0 Å². The molecule has 0 atom stereocenters. The van der Waals surface area contributed by atoms with Gasteiger partial charge in [0, 0.05) is 43.2 Å². The summed E-state index contributed by atoms with van der Waals surface area (Å²) in [7, 11) is 0. The maximum atomic E-state index is 13.1. The third kappa shape index (κ3) is 4.07. The molecule has 0 spiro atoms. The molecule has 1 saturated carbocycles. The van der Waals surface area contributed by atoms with E-state index in [1.165, 1.54) is 22.9 Å². The molecule has 1 aliphatic heterocycles. The first kappa shape index (κ1) is 19.0. The van der Waals surface area contributed by atoms with Crippen LogP contribution < -0.4 is 0 Å². The van der Waals surface area contributed by atoms with Gasteiger partial charge in [-0.2, -0.15) is 0 Å². The molecule has 2 amide bonds. The van der Waals surface area contributed by atoms with E-state index < -0.39 is 0 Å². The summed E-state index contributed by atoms with van der Waals surface area (Å²) in [5.74, 6) is 0.500. The van der Waals surface area contributed by atoms with Crippen LogP contribution >= 0.6 is 11.8 Å². The number of hydrogen-bond donors (Lipinski definition) is 0. The second kappa shape index (κ2) is 7.95. The maximum absolute atomic E-state index is 13.1. The zero-order valence-corrected chi connectivity index (χ0v) is 17.2. The van der Waals surface area contributed by atoms with E-state index in [1.807, 2.05) is 21.9 Å². The molecule has 2 heterocycles. The highest BCUT2D eigenvalue weighted by Crippen LogP contribution is 2.33. The van der Waals surface area contributed by atoms with Gasteiger partial charge < -0.3 is 9.80 Å². The average molecular weight is 396 g/mol. The first-order valence-electron chi connectivity index (χ1n) is 9.81. The van der Waals surface area contributed by atoms with E-state index in [0.29, 0.717) is 31.7 Å². The first-order valence-corrected chi connectivity index (χ1v) is 10.6. The Labute approximate surface area is 170 Å². The Hall–Kier alpha value is -2.34. The molecule has 5 nitrogen and oxygen atoms in total. The van der Waals surface area contributed by atoms with E-state index in [9.17, 15) is 9.59 Å². The van der Waals surface area contributed by atoms with Crippen LogP contribution in [0, 0.1) is 19.8 Å². The highest BCUT2D eigenvalue weighted by Gasteiger charge is 2.35. The summed E-state index contributed by atoms with van der Waals surface area (Å²) in [5, 5.41) is 0.732. The maximum Gasteiger partial charge on any atom is 0.256 e. The third-order valence-electron chi connectivity index (χ3n) is 5.34. The fourth-order valence-corrected chi connectivity index (χ4v) is 4.48. The molecule has 4 rings (SSSR count). The number of amides is 2. The van der Waals surface area contributed by atoms with Gasteiger partial charge in [0.15, 0.2) is 0 Å². The van der Waals surface area contributed by atoms with Crippen molar-refractivity contribution in [3.63, 3.8) is 0 Å². The zero-order chi connectivity index (χ0) is 19.7. The summed E-state index contributed by atoms with van der Waals surface area (Å²) in [4.78, 5) is 34.7. The van der Waals surface area contributed by atoms with E-state index in [2.05, 4.69) is 37.0 Å². The van der Waals surface area contributed by atoms with Crippen LogP contribution in [0.25, 0.3) is 0 Å². The lowest BCUT2D eigenvalue weighted by molar-refractivity contribution is -0.134. The largest absolute Gasteiger partial charge is 0.339 e. The van der Waals surface area contributed by atoms with E-state index in [1.54, 1.807) is 6.20 Å². The number of aromatic nitrogens is 1. The number of benzene rings is 1. The van der Waals surface area contributed by atoms with Crippen LogP contribution in [0.5, 0.6) is 0 Å². The van der Waals surface area contributed by atoms with Gasteiger partial charge in [0.1, 0.15) is 5.03 Å². The van der Waals surface area contributed by atoms with Gasteiger partial charge in [-0.3, -0.25) is 9.59 Å². The molecule has 0 N–H and O–H groups in total. The van der Waals surface area contributed by atoms with Crippen LogP contribution in [0.1, 0.15) is 34.3 Å². The lowest BCUT2D eigenvalue weighted by Gasteiger charge is -2.35. The van der Waals surface area contributed by atoms with Crippen molar-refractivity contribution >= 4 is 23.6 Å². The number of hydrogen-bond acceptors (Lipinski definition) is 4. The van der Waals surface area contributed by atoms with Crippen molar-refractivity contribution in [2.45, 2.75) is 36.6 Å². The highest BCUT2D eigenvalue weighted by atomic mass is 32.2. The minimum atomic E-state index is -0.00103. The third-order valence-corrected chi connectivity index (χ3v) is 6.54. The molecule has 2 aliphatic rings. The van der Waals surface area contributed by atoms with E-state index >= 15 is 0 Å². The Morgan fingerprint density at radius 3 is 2.43 bits per heavy atom. The van der Waals surface area contributed by atoms with Crippen molar-refractivity contribution in [1.29, 1.82) is 0 Å². The topological polar surface area (TPSA) is 53.5 Å². The van der Waals surface area contributed by atoms with Crippen LogP contribution in [-0.2, 0) is 4.79 Å². The predicted octanol–water partition coefficient (Wildman–Crippen LogP) is 3.54. The second-order valence-corrected chi connectivity index (χ2v) is 8.65. The molecule has 0 unspecified atom stereocenters. The SMILES string of the molecule is Cc1ccc(Sc2ncccc2C(=O)N2CCN(C(=O)C3CC3)CC2)c(C)c1. The number of carbonyl (C=O) groups is 2. The van der Waals surface area contributed by atoms with Gasteiger partial charge in [0.05, 0.1) is 5.56 Å². The predicted molar refractivity (Wildman–Crippen MR) is 109 cm³/mol. The van der Waals surface area contributed by atoms with Gasteiger partial charge in [-0.25, -0.2) is 4.98 Å². The van der Waals surface area contributed by atoms with Crippen LogP contribution in [-0.4, -0.2) is 52.8 Å². The molecule has 2 fully saturated rings. The molecule has 28 heavy (non-hydrogen) atoms. The molecular weight excluding hydrogens is 370 g/mol. The Kier molecular flexibility index (Phi) is 5.40. The van der Waals surface area contributed by atoms with Crippen molar-refractivity contribution in [2.75, 3.05) is 26.2 Å². The van der Waals surface area contributed by atoms with Crippen LogP contribution in [0.4, 0.5) is 0 Å². The second-order valence-electron chi connectivity index (χ2n) is 7.62. The molecule has 1 saturated heterocycles. The Balaban J connectivity index is 1.47. The Morgan fingerprint density at radius 1 is 1.04 bits per heavy atom. The summed E-state index contributed by atoms with van der Waals surface area (Å²) in [5.41, 5.74) is 3.04. The summed E-state index contributed by atoms with van der Waals surface area (Å²) >= 11 is 1.54. The molecule has 0 bridgehead atoms. The quantitative estimate of drug-likeness (QED) is 0.795. The van der Waals surface area contributed by atoms with Crippen molar-refractivity contribution in [2.24, 2.45) is 5.92 Å². The lowest BCUT2D eigenvalue weighted by atomic mass is 10.2.